The first kappa shape index (κ1) is 25.1. The number of aromatic nitrogens is 2. The van der Waals surface area contributed by atoms with Crippen LogP contribution in [0.15, 0.2) is 54.6 Å². The molecule has 1 amide bonds. The van der Waals surface area contributed by atoms with Crippen molar-refractivity contribution >= 4 is 5.91 Å². The molecule has 1 aliphatic rings. The molecular weight excluding hydrogens is 439 g/mol. The predicted octanol–water partition coefficient (Wildman–Crippen LogP) is 5.74. The van der Waals surface area contributed by atoms with Crippen LogP contribution in [0.4, 0.5) is 4.39 Å². The second-order valence-corrected chi connectivity index (χ2v) is 11.1. The summed E-state index contributed by atoms with van der Waals surface area (Å²) in [4.78, 5) is 17.6. The largest absolute Gasteiger partial charge is 0.334 e. The second kappa shape index (κ2) is 10.3. The van der Waals surface area contributed by atoms with Gasteiger partial charge in [0.2, 0.25) is 5.91 Å². The number of fused-ring (bicyclic) bond motifs is 1. The molecule has 4 rings (SSSR count). The summed E-state index contributed by atoms with van der Waals surface area (Å²) in [7, 11) is 0. The number of hydrogen-bond donors (Lipinski definition) is 0. The van der Waals surface area contributed by atoms with Gasteiger partial charge in [-0.05, 0) is 49.1 Å². The number of para-hydroxylation sites is 1. The Morgan fingerprint density at radius 1 is 1.09 bits per heavy atom. The van der Waals surface area contributed by atoms with Gasteiger partial charge < -0.3 is 4.90 Å². The van der Waals surface area contributed by atoms with Gasteiger partial charge in [-0.1, -0.05) is 51.1 Å². The summed E-state index contributed by atoms with van der Waals surface area (Å²) in [6.07, 6.45) is 1.37. The molecule has 2 aromatic carbocycles. The number of carbonyl (C=O) groups is 1. The maximum absolute atomic E-state index is 13.4. The Morgan fingerprint density at radius 3 is 2.40 bits per heavy atom. The van der Waals surface area contributed by atoms with Gasteiger partial charge in [0.05, 0.1) is 23.6 Å². The SMILES string of the molecule is CC(C)N(Cc1nn(-c2ccccc2)c2c1CN(Cc1ccc(F)cc1)CC2)C(=O)CC(C)(C)C. The highest BCUT2D eigenvalue weighted by Gasteiger charge is 2.29. The lowest BCUT2D eigenvalue weighted by Gasteiger charge is -2.31. The Kier molecular flexibility index (Phi) is 7.41. The van der Waals surface area contributed by atoms with Gasteiger partial charge in [0.1, 0.15) is 5.82 Å². The van der Waals surface area contributed by atoms with Gasteiger partial charge in [0.15, 0.2) is 0 Å². The third kappa shape index (κ3) is 6.17. The maximum Gasteiger partial charge on any atom is 0.223 e. The molecule has 0 spiro atoms. The molecule has 0 radical (unpaired) electrons. The van der Waals surface area contributed by atoms with E-state index in [1.165, 1.54) is 23.4 Å². The molecule has 0 aliphatic carbocycles. The van der Waals surface area contributed by atoms with Crippen molar-refractivity contribution in [3.8, 4) is 5.69 Å². The molecule has 0 saturated carbocycles. The topological polar surface area (TPSA) is 41.4 Å². The van der Waals surface area contributed by atoms with Crippen LogP contribution < -0.4 is 0 Å². The summed E-state index contributed by atoms with van der Waals surface area (Å²) in [6, 6.07) is 17.0. The van der Waals surface area contributed by atoms with Gasteiger partial charge >= 0.3 is 0 Å². The minimum absolute atomic E-state index is 0.0704. The van der Waals surface area contributed by atoms with Crippen LogP contribution in [0.3, 0.4) is 0 Å². The summed E-state index contributed by atoms with van der Waals surface area (Å²) >= 11 is 0. The first-order chi connectivity index (χ1) is 16.6. The lowest BCUT2D eigenvalue weighted by molar-refractivity contribution is -0.135. The Balaban J connectivity index is 1.65. The minimum atomic E-state index is -0.213. The molecule has 0 bridgehead atoms. The van der Waals surface area contributed by atoms with Crippen LogP contribution in [0.2, 0.25) is 0 Å². The third-order valence-corrected chi connectivity index (χ3v) is 6.49. The van der Waals surface area contributed by atoms with Crippen LogP contribution in [0, 0.1) is 11.2 Å². The highest BCUT2D eigenvalue weighted by atomic mass is 19.1. The molecular formula is C29H37FN4O. The van der Waals surface area contributed by atoms with Gasteiger partial charge in [-0.25, -0.2) is 9.07 Å². The smallest absolute Gasteiger partial charge is 0.223 e. The number of rotatable bonds is 7. The fourth-order valence-electron chi connectivity index (χ4n) is 4.71. The predicted molar refractivity (Wildman–Crippen MR) is 138 cm³/mol. The first-order valence-electron chi connectivity index (χ1n) is 12.5. The number of halogens is 1. The van der Waals surface area contributed by atoms with Crippen LogP contribution in [0.5, 0.6) is 0 Å². The molecule has 0 N–H and O–H groups in total. The minimum Gasteiger partial charge on any atom is -0.334 e. The molecule has 1 aromatic heterocycles. The quantitative estimate of drug-likeness (QED) is 0.436. The van der Waals surface area contributed by atoms with Crippen molar-refractivity contribution in [3.63, 3.8) is 0 Å². The lowest BCUT2D eigenvalue weighted by Crippen LogP contribution is -2.39. The van der Waals surface area contributed by atoms with E-state index in [-0.39, 0.29) is 23.2 Å². The lowest BCUT2D eigenvalue weighted by atomic mass is 9.91. The van der Waals surface area contributed by atoms with Crippen LogP contribution in [0.1, 0.15) is 63.6 Å². The van der Waals surface area contributed by atoms with Crippen molar-refractivity contribution in [2.24, 2.45) is 5.41 Å². The number of nitrogens with zero attached hydrogens (tertiary/aromatic N) is 4. The van der Waals surface area contributed by atoms with Crippen molar-refractivity contribution in [3.05, 3.63) is 82.9 Å². The molecule has 3 aromatic rings. The normalized spacial score (nSPS) is 14.3. The van der Waals surface area contributed by atoms with E-state index in [0.29, 0.717) is 13.0 Å². The molecule has 0 fully saturated rings. The van der Waals surface area contributed by atoms with Gasteiger partial charge in [0.25, 0.3) is 0 Å². The zero-order valence-corrected chi connectivity index (χ0v) is 21.6. The van der Waals surface area contributed by atoms with Crippen molar-refractivity contribution in [2.75, 3.05) is 6.54 Å². The van der Waals surface area contributed by atoms with Gasteiger partial charge in [-0.15, -0.1) is 0 Å². The molecule has 1 aliphatic heterocycles. The van der Waals surface area contributed by atoms with E-state index < -0.39 is 0 Å². The summed E-state index contributed by atoms with van der Waals surface area (Å²) in [6.45, 7) is 13.4. The average molecular weight is 477 g/mol. The van der Waals surface area contributed by atoms with Gasteiger partial charge in [-0.3, -0.25) is 9.69 Å². The van der Waals surface area contributed by atoms with Gasteiger partial charge in [0, 0.05) is 44.1 Å². The van der Waals surface area contributed by atoms with Crippen molar-refractivity contribution < 1.29 is 9.18 Å². The molecule has 0 saturated heterocycles. The maximum atomic E-state index is 13.4. The number of hydrogen-bond acceptors (Lipinski definition) is 3. The zero-order chi connectivity index (χ0) is 25.2. The van der Waals surface area contributed by atoms with E-state index in [2.05, 4.69) is 56.3 Å². The summed E-state index contributed by atoms with van der Waals surface area (Å²) in [5.74, 6) is -0.0516. The fraction of sp³-hybridized carbons (Fsp3) is 0.448. The Bertz CT molecular complexity index is 1150. The number of benzene rings is 2. The van der Waals surface area contributed by atoms with Crippen LogP contribution in [-0.2, 0) is 30.8 Å². The third-order valence-electron chi connectivity index (χ3n) is 6.49. The fourth-order valence-corrected chi connectivity index (χ4v) is 4.71. The zero-order valence-electron chi connectivity index (χ0n) is 21.6. The summed E-state index contributed by atoms with van der Waals surface area (Å²) in [5, 5.41) is 5.06. The highest BCUT2D eigenvalue weighted by Crippen LogP contribution is 2.29. The van der Waals surface area contributed by atoms with E-state index in [1.54, 1.807) is 0 Å². The first-order valence-corrected chi connectivity index (χ1v) is 12.5. The Morgan fingerprint density at radius 2 is 1.77 bits per heavy atom. The molecule has 6 heteroatoms. The molecule has 2 heterocycles. The molecule has 35 heavy (non-hydrogen) atoms. The standard InChI is InChI=1S/C29H37FN4O/c1-21(2)33(28(35)17-29(3,4)5)20-26-25-19-32(18-22-11-13-23(30)14-12-22)16-15-27(25)34(31-26)24-9-7-6-8-10-24/h6-14,21H,15-20H2,1-5H3. The van der Waals surface area contributed by atoms with Crippen molar-refractivity contribution in [1.82, 2.24) is 19.6 Å². The van der Waals surface area contributed by atoms with Crippen molar-refractivity contribution in [1.29, 1.82) is 0 Å². The van der Waals surface area contributed by atoms with E-state index in [9.17, 15) is 9.18 Å². The summed E-state index contributed by atoms with van der Waals surface area (Å²) in [5.41, 5.74) is 5.45. The Hall–Kier alpha value is -2.99. The number of carbonyl (C=O) groups excluding carboxylic acids is 1. The Labute approximate surface area is 208 Å². The van der Waals surface area contributed by atoms with E-state index in [1.807, 2.05) is 35.2 Å². The number of amides is 1. The molecule has 5 nitrogen and oxygen atoms in total. The van der Waals surface area contributed by atoms with Crippen molar-refractivity contribution in [2.45, 2.75) is 73.1 Å². The van der Waals surface area contributed by atoms with E-state index in [4.69, 9.17) is 5.10 Å². The summed E-state index contributed by atoms with van der Waals surface area (Å²) < 4.78 is 15.4. The molecule has 0 atom stereocenters. The van der Waals surface area contributed by atoms with Gasteiger partial charge in [-0.2, -0.15) is 5.10 Å². The second-order valence-electron chi connectivity index (χ2n) is 11.1. The van der Waals surface area contributed by atoms with E-state index >= 15 is 0 Å². The van der Waals surface area contributed by atoms with Crippen LogP contribution in [-0.4, -0.2) is 38.1 Å². The molecule has 186 valence electrons. The molecule has 0 unspecified atom stereocenters. The van der Waals surface area contributed by atoms with Crippen LogP contribution in [0.25, 0.3) is 5.69 Å². The monoisotopic (exact) mass is 476 g/mol. The van der Waals surface area contributed by atoms with E-state index in [0.717, 1.165) is 43.0 Å². The highest BCUT2D eigenvalue weighted by molar-refractivity contribution is 5.77. The average Bonchev–Trinajstić information content (AvgIpc) is 3.16. The van der Waals surface area contributed by atoms with Crippen LogP contribution >= 0.6 is 0 Å².